The number of thioether (sulfide) groups is 1. The molecule has 0 bridgehead atoms. The second-order valence-corrected chi connectivity index (χ2v) is 8.32. The molecule has 4 nitrogen and oxygen atoms in total. The molecular weight excluding hydrogens is 401 g/mol. The molecule has 0 atom stereocenters. The summed E-state index contributed by atoms with van der Waals surface area (Å²) in [7, 11) is 0. The Morgan fingerprint density at radius 1 is 1.11 bits per heavy atom. The van der Waals surface area contributed by atoms with E-state index in [0.29, 0.717) is 28.9 Å². The molecule has 28 heavy (non-hydrogen) atoms. The van der Waals surface area contributed by atoms with Crippen molar-refractivity contribution >= 4 is 35.1 Å². The van der Waals surface area contributed by atoms with E-state index in [1.54, 1.807) is 36.4 Å². The monoisotopic (exact) mass is 421 g/mol. The van der Waals surface area contributed by atoms with E-state index in [0.717, 1.165) is 17.7 Å². The Morgan fingerprint density at radius 2 is 1.79 bits per heavy atom. The molecule has 0 heterocycles. The number of hydrogen-bond acceptors (Lipinski definition) is 4. The highest BCUT2D eigenvalue weighted by Gasteiger charge is 2.31. The molecule has 2 aromatic carbocycles. The van der Waals surface area contributed by atoms with Crippen molar-refractivity contribution in [3.63, 3.8) is 0 Å². The van der Waals surface area contributed by atoms with Crippen LogP contribution < -0.4 is 10.1 Å². The molecule has 148 valence electrons. The lowest BCUT2D eigenvalue weighted by Gasteiger charge is -2.35. The highest BCUT2D eigenvalue weighted by Crippen LogP contribution is 2.31. The lowest BCUT2D eigenvalue weighted by Crippen LogP contribution is -2.46. The van der Waals surface area contributed by atoms with Gasteiger partial charge in [-0.1, -0.05) is 11.6 Å². The topological polar surface area (TPSA) is 55.4 Å². The van der Waals surface area contributed by atoms with Crippen molar-refractivity contribution in [3.8, 4) is 5.75 Å². The van der Waals surface area contributed by atoms with Crippen LogP contribution in [0.15, 0.2) is 53.4 Å². The molecule has 1 saturated carbocycles. The van der Waals surface area contributed by atoms with Crippen molar-refractivity contribution in [1.82, 2.24) is 5.32 Å². The summed E-state index contributed by atoms with van der Waals surface area (Å²) in [6.45, 7) is -0.0456. The largest absolute Gasteiger partial charge is 0.484 e. The van der Waals surface area contributed by atoms with Crippen molar-refractivity contribution < 1.29 is 18.7 Å². The van der Waals surface area contributed by atoms with Gasteiger partial charge in [-0.3, -0.25) is 9.59 Å². The number of carbonyl (C=O) groups is 2. The molecule has 2 aromatic rings. The zero-order valence-corrected chi connectivity index (χ0v) is 16.8. The highest BCUT2D eigenvalue weighted by molar-refractivity contribution is 8.00. The van der Waals surface area contributed by atoms with E-state index in [4.69, 9.17) is 16.3 Å². The minimum atomic E-state index is -0.281. The van der Waals surface area contributed by atoms with E-state index in [9.17, 15) is 14.0 Å². The standard InChI is InChI=1S/C21H21ClFNO3S/c22-15-1-5-19(6-2-15)27-12-21(26)24-17-9-14(10-17)11-18(25)13-28-20-7-3-16(23)4-8-20/h1-8,14,17H,9-13H2,(H,24,26). The predicted octanol–water partition coefficient (Wildman–Crippen LogP) is 4.50. The van der Waals surface area contributed by atoms with Crippen LogP contribution in [0.2, 0.25) is 5.02 Å². The molecule has 1 N–H and O–H groups in total. The maximum atomic E-state index is 12.9. The summed E-state index contributed by atoms with van der Waals surface area (Å²) in [5, 5.41) is 3.54. The lowest BCUT2D eigenvalue weighted by molar-refractivity contribution is -0.124. The van der Waals surface area contributed by atoms with Crippen LogP contribution in [0.3, 0.4) is 0 Å². The van der Waals surface area contributed by atoms with Crippen LogP contribution in [0, 0.1) is 11.7 Å². The van der Waals surface area contributed by atoms with Gasteiger partial charge < -0.3 is 10.1 Å². The number of rotatable bonds is 9. The summed E-state index contributed by atoms with van der Waals surface area (Å²) in [6, 6.07) is 13.1. The molecule has 1 aliphatic carbocycles. The molecule has 1 aliphatic rings. The van der Waals surface area contributed by atoms with E-state index in [1.807, 2.05) is 0 Å². The molecule has 0 aromatic heterocycles. The molecule has 3 rings (SSSR count). The average molecular weight is 422 g/mol. The number of ketones is 1. The van der Waals surface area contributed by atoms with Crippen molar-refractivity contribution in [2.45, 2.75) is 30.2 Å². The van der Waals surface area contributed by atoms with E-state index in [-0.39, 0.29) is 30.2 Å². The summed E-state index contributed by atoms with van der Waals surface area (Å²) < 4.78 is 18.3. The van der Waals surface area contributed by atoms with Gasteiger partial charge in [-0.05, 0) is 67.3 Å². The molecule has 1 fully saturated rings. The fourth-order valence-corrected chi connectivity index (χ4v) is 3.94. The van der Waals surface area contributed by atoms with Crippen LogP contribution in [-0.2, 0) is 9.59 Å². The van der Waals surface area contributed by atoms with Crippen molar-refractivity contribution in [3.05, 3.63) is 59.4 Å². The quantitative estimate of drug-likeness (QED) is 0.605. The van der Waals surface area contributed by atoms with Gasteiger partial charge in [0, 0.05) is 22.4 Å². The van der Waals surface area contributed by atoms with Gasteiger partial charge in [-0.25, -0.2) is 4.39 Å². The Hall–Kier alpha value is -2.05. The first-order valence-corrected chi connectivity index (χ1v) is 10.4. The number of nitrogens with one attached hydrogen (secondary N) is 1. The van der Waals surface area contributed by atoms with Crippen LogP contribution in [-0.4, -0.2) is 30.1 Å². The highest BCUT2D eigenvalue weighted by atomic mass is 35.5. The first kappa shape index (κ1) is 20.7. The number of halogens is 2. The van der Waals surface area contributed by atoms with Crippen LogP contribution in [0.4, 0.5) is 4.39 Å². The fourth-order valence-electron chi connectivity index (χ4n) is 3.04. The zero-order valence-electron chi connectivity index (χ0n) is 15.2. The number of carbonyl (C=O) groups excluding carboxylic acids is 2. The molecular formula is C21H21ClFNO3S. The number of Topliss-reactive ketones (excluding diaryl/α,β-unsaturated/α-hetero) is 1. The van der Waals surface area contributed by atoms with Crippen LogP contribution >= 0.6 is 23.4 Å². The summed E-state index contributed by atoms with van der Waals surface area (Å²) in [6.07, 6.45) is 2.13. The normalized spacial score (nSPS) is 18.2. The van der Waals surface area contributed by atoms with Crippen molar-refractivity contribution in [2.75, 3.05) is 12.4 Å². The molecule has 0 saturated heterocycles. The molecule has 1 amide bonds. The number of ether oxygens (including phenoxy) is 1. The van der Waals surface area contributed by atoms with Gasteiger partial charge in [-0.2, -0.15) is 0 Å². The SMILES string of the molecule is O=C(CSc1ccc(F)cc1)CC1CC(NC(=O)COc2ccc(Cl)cc2)C1. The van der Waals surface area contributed by atoms with E-state index >= 15 is 0 Å². The average Bonchev–Trinajstić information content (AvgIpc) is 2.65. The molecule has 0 unspecified atom stereocenters. The Balaban J connectivity index is 1.28. The third kappa shape index (κ3) is 6.53. The third-order valence-corrected chi connectivity index (χ3v) is 5.84. The molecule has 0 spiro atoms. The first-order valence-electron chi connectivity index (χ1n) is 9.06. The minimum Gasteiger partial charge on any atom is -0.484 e. The Bertz CT molecular complexity index is 740. The second-order valence-electron chi connectivity index (χ2n) is 6.83. The number of amides is 1. The van der Waals surface area contributed by atoms with Gasteiger partial charge in [0.05, 0.1) is 5.75 Å². The number of benzene rings is 2. The number of hydrogen-bond donors (Lipinski definition) is 1. The summed E-state index contributed by atoms with van der Waals surface area (Å²) >= 11 is 7.22. The Morgan fingerprint density at radius 3 is 2.46 bits per heavy atom. The molecule has 0 radical (unpaired) electrons. The van der Waals surface area contributed by atoms with Crippen LogP contribution in [0.25, 0.3) is 0 Å². The maximum Gasteiger partial charge on any atom is 0.258 e. The van der Waals surface area contributed by atoms with Gasteiger partial charge >= 0.3 is 0 Å². The Labute approximate surface area is 172 Å². The first-order chi connectivity index (χ1) is 13.5. The third-order valence-electron chi connectivity index (χ3n) is 4.51. The fraction of sp³-hybridized carbons (Fsp3) is 0.333. The van der Waals surface area contributed by atoms with Crippen molar-refractivity contribution in [2.24, 2.45) is 5.92 Å². The van der Waals surface area contributed by atoms with E-state index in [1.165, 1.54) is 23.9 Å². The summed E-state index contributed by atoms with van der Waals surface area (Å²) in [5.74, 6) is 1.01. The molecule has 7 heteroatoms. The van der Waals surface area contributed by atoms with Crippen LogP contribution in [0.1, 0.15) is 19.3 Å². The van der Waals surface area contributed by atoms with Gasteiger partial charge in [0.15, 0.2) is 6.61 Å². The van der Waals surface area contributed by atoms with Gasteiger partial charge in [0.25, 0.3) is 5.91 Å². The molecule has 0 aliphatic heterocycles. The van der Waals surface area contributed by atoms with Gasteiger partial charge in [0.1, 0.15) is 17.3 Å². The van der Waals surface area contributed by atoms with Crippen LogP contribution in [0.5, 0.6) is 5.75 Å². The van der Waals surface area contributed by atoms with Gasteiger partial charge in [-0.15, -0.1) is 11.8 Å². The van der Waals surface area contributed by atoms with Gasteiger partial charge in [0.2, 0.25) is 0 Å². The van der Waals surface area contributed by atoms with E-state index < -0.39 is 0 Å². The Kier molecular flexibility index (Phi) is 7.34. The second kappa shape index (κ2) is 9.94. The zero-order chi connectivity index (χ0) is 19.9. The predicted molar refractivity (Wildman–Crippen MR) is 108 cm³/mol. The minimum absolute atomic E-state index is 0.0456. The summed E-state index contributed by atoms with van der Waals surface area (Å²) in [5.41, 5.74) is 0. The maximum absolute atomic E-state index is 12.9. The smallest absolute Gasteiger partial charge is 0.258 e. The summed E-state index contributed by atoms with van der Waals surface area (Å²) in [4.78, 5) is 24.9. The lowest BCUT2D eigenvalue weighted by atomic mass is 9.77. The van der Waals surface area contributed by atoms with Crippen molar-refractivity contribution in [1.29, 1.82) is 0 Å². The van der Waals surface area contributed by atoms with E-state index in [2.05, 4.69) is 5.32 Å².